The van der Waals surface area contributed by atoms with Crippen LogP contribution in [0.5, 0.6) is 0 Å². The molecule has 5 heteroatoms. The molecule has 1 fully saturated rings. The number of fused-ring (bicyclic) bond motifs is 1. The summed E-state index contributed by atoms with van der Waals surface area (Å²) in [5, 5.41) is 2.76. The zero-order chi connectivity index (χ0) is 15.5. The Bertz CT molecular complexity index is 656. The predicted octanol–water partition coefficient (Wildman–Crippen LogP) is 2.01. The predicted molar refractivity (Wildman–Crippen MR) is 87.5 cm³/mol. The number of aromatic nitrogens is 2. The second kappa shape index (κ2) is 6.48. The van der Waals surface area contributed by atoms with Crippen LogP contribution in [0.15, 0.2) is 24.3 Å². The van der Waals surface area contributed by atoms with Gasteiger partial charge in [-0.15, -0.1) is 0 Å². The first-order valence-corrected chi connectivity index (χ1v) is 8.11. The molecule has 1 aliphatic rings. The lowest BCUT2D eigenvalue weighted by Crippen LogP contribution is -2.39. The second-order valence-corrected chi connectivity index (χ2v) is 5.93. The van der Waals surface area contributed by atoms with Crippen LogP contribution >= 0.6 is 0 Å². The molecule has 0 radical (unpaired) electrons. The van der Waals surface area contributed by atoms with Crippen molar-refractivity contribution >= 4 is 16.9 Å². The lowest BCUT2D eigenvalue weighted by Gasteiger charge is -2.30. The number of nitrogens with one attached hydrogen (secondary N) is 1. The van der Waals surface area contributed by atoms with E-state index in [0.29, 0.717) is 0 Å². The number of para-hydroxylation sites is 2. The van der Waals surface area contributed by atoms with Crippen molar-refractivity contribution < 1.29 is 4.79 Å². The van der Waals surface area contributed by atoms with E-state index in [2.05, 4.69) is 39.9 Å². The van der Waals surface area contributed by atoms with Crippen LogP contribution in [-0.4, -0.2) is 40.5 Å². The van der Waals surface area contributed by atoms with E-state index in [9.17, 15) is 4.79 Å². The van der Waals surface area contributed by atoms with Crippen molar-refractivity contribution in [2.45, 2.75) is 32.9 Å². The van der Waals surface area contributed by atoms with E-state index >= 15 is 0 Å². The van der Waals surface area contributed by atoms with Crippen LogP contribution in [-0.2, 0) is 17.9 Å². The first-order chi connectivity index (χ1) is 10.7. The third-order valence-electron chi connectivity index (χ3n) is 4.62. The Kier molecular flexibility index (Phi) is 4.43. The van der Waals surface area contributed by atoms with Gasteiger partial charge in [0.25, 0.3) is 0 Å². The fraction of sp³-hybridized carbons (Fsp3) is 0.529. The Labute approximate surface area is 131 Å². The zero-order valence-electron chi connectivity index (χ0n) is 13.4. The Morgan fingerprint density at radius 3 is 2.73 bits per heavy atom. The van der Waals surface area contributed by atoms with Gasteiger partial charge < -0.3 is 9.88 Å². The maximum absolute atomic E-state index is 11.7. The number of aryl methyl sites for hydroxylation is 1. The molecule has 0 atom stereocenters. The van der Waals surface area contributed by atoms with E-state index in [0.717, 1.165) is 50.4 Å². The van der Waals surface area contributed by atoms with Crippen molar-refractivity contribution in [1.29, 1.82) is 0 Å². The van der Waals surface area contributed by atoms with Crippen LogP contribution in [0, 0.1) is 5.92 Å². The first-order valence-electron chi connectivity index (χ1n) is 8.11. The fourth-order valence-corrected chi connectivity index (χ4v) is 3.36. The number of nitrogens with zero attached hydrogens (tertiary/aromatic N) is 3. The maximum atomic E-state index is 11.7. The molecule has 22 heavy (non-hydrogen) atoms. The number of carbonyl (C=O) groups is 1. The summed E-state index contributed by atoms with van der Waals surface area (Å²) in [5.41, 5.74) is 2.28. The van der Waals surface area contributed by atoms with Gasteiger partial charge in [-0.1, -0.05) is 12.1 Å². The summed E-state index contributed by atoms with van der Waals surface area (Å²) in [6.07, 6.45) is 1.87. The minimum absolute atomic E-state index is 0.172. The molecular weight excluding hydrogens is 276 g/mol. The number of carbonyl (C=O) groups excluding carboxylic acids is 1. The molecule has 1 aromatic heterocycles. The van der Waals surface area contributed by atoms with Crippen molar-refractivity contribution in [1.82, 2.24) is 19.8 Å². The molecule has 118 valence electrons. The third kappa shape index (κ3) is 2.86. The third-order valence-corrected chi connectivity index (χ3v) is 4.62. The Hall–Kier alpha value is -1.88. The number of rotatable bonds is 4. The number of likely N-dealkylation sites (tertiary alicyclic amines) is 1. The highest BCUT2D eigenvalue weighted by atomic mass is 16.1. The Morgan fingerprint density at radius 2 is 2.05 bits per heavy atom. The highest BCUT2D eigenvalue weighted by Crippen LogP contribution is 2.21. The molecule has 0 bridgehead atoms. The van der Waals surface area contributed by atoms with Crippen molar-refractivity contribution in [3.05, 3.63) is 30.1 Å². The van der Waals surface area contributed by atoms with Gasteiger partial charge in [0.1, 0.15) is 5.82 Å². The number of benzene rings is 1. The largest absolute Gasteiger partial charge is 0.359 e. The van der Waals surface area contributed by atoms with Crippen LogP contribution in [0.4, 0.5) is 0 Å². The van der Waals surface area contributed by atoms with Crippen LogP contribution < -0.4 is 5.32 Å². The smallest absolute Gasteiger partial charge is 0.222 e. The molecule has 1 aromatic carbocycles. The lowest BCUT2D eigenvalue weighted by atomic mass is 9.96. The van der Waals surface area contributed by atoms with Gasteiger partial charge in [-0.05, 0) is 45.0 Å². The Balaban J connectivity index is 1.71. The van der Waals surface area contributed by atoms with Gasteiger partial charge in [-0.3, -0.25) is 9.69 Å². The molecule has 1 N–H and O–H groups in total. The highest BCUT2D eigenvalue weighted by Gasteiger charge is 2.25. The molecule has 1 aliphatic heterocycles. The molecule has 5 nitrogen and oxygen atoms in total. The summed E-state index contributed by atoms with van der Waals surface area (Å²) in [6, 6.07) is 8.30. The van der Waals surface area contributed by atoms with Crippen LogP contribution in [0.2, 0.25) is 0 Å². The number of imidazole rings is 1. The Morgan fingerprint density at radius 1 is 1.32 bits per heavy atom. The molecule has 1 saturated heterocycles. The van der Waals surface area contributed by atoms with Gasteiger partial charge in [0.2, 0.25) is 5.91 Å². The minimum atomic E-state index is 0.172. The average Bonchev–Trinajstić information content (AvgIpc) is 2.91. The summed E-state index contributed by atoms with van der Waals surface area (Å²) in [6.45, 7) is 5.89. The van der Waals surface area contributed by atoms with Crippen LogP contribution in [0.25, 0.3) is 11.0 Å². The molecular formula is C17H24N4O. The van der Waals surface area contributed by atoms with Gasteiger partial charge in [-0.25, -0.2) is 4.98 Å². The topological polar surface area (TPSA) is 50.2 Å². The maximum Gasteiger partial charge on any atom is 0.222 e. The lowest BCUT2D eigenvalue weighted by molar-refractivity contribution is -0.125. The second-order valence-electron chi connectivity index (χ2n) is 5.93. The summed E-state index contributed by atoms with van der Waals surface area (Å²) < 4.78 is 2.29. The van der Waals surface area contributed by atoms with Gasteiger partial charge in [0.05, 0.1) is 17.6 Å². The molecule has 1 amide bonds. The quantitative estimate of drug-likeness (QED) is 0.940. The van der Waals surface area contributed by atoms with E-state index in [1.807, 2.05) is 6.07 Å². The van der Waals surface area contributed by atoms with Gasteiger partial charge >= 0.3 is 0 Å². The van der Waals surface area contributed by atoms with Crippen molar-refractivity contribution in [3.63, 3.8) is 0 Å². The monoisotopic (exact) mass is 300 g/mol. The van der Waals surface area contributed by atoms with Crippen molar-refractivity contribution in [2.24, 2.45) is 5.92 Å². The molecule has 0 aliphatic carbocycles. The van der Waals surface area contributed by atoms with E-state index < -0.39 is 0 Å². The minimum Gasteiger partial charge on any atom is -0.359 e. The number of hydrogen-bond donors (Lipinski definition) is 1. The molecule has 3 rings (SSSR count). The standard InChI is InChI=1S/C17H24N4O/c1-3-21-15-7-5-4-6-14(15)19-16(21)12-20-10-8-13(9-11-20)17(22)18-2/h4-7,13H,3,8-12H2,1-2H3,(H,18,22). The average molecular weight is 300 g/mol. The molecule has 0 saturated carbocycles. The van der Waals surface area contributed by atoms with E-state index in [1.54, 1.807) is 7.05 Å². The van der Waals surface area contributed by atoms with Crippen LogP contribution in [0.1, 0.15) is 25.6 Å². The van der Waals surface area contributed by atoms with E-state index in [-0.39, 0.29) is 11.8 Å². The summed E-state index contributed by atoms with van der Waals surface area (Å²) in [4.78, 5) is 18.9. The molecule has 0 spiro atoms. The van der Waals surface area contributed by atoms with Gasteiger partial charge in [-0.2, -0.15) is 0 Å². The SMILES string of the molecule is CCn1c(CN2CCC(C(=O)NC)CC2)nc2ccccc21. The normalized spacial score (nSPS) is 17.0. The van der Waals surface area contributed by atoms with Crippen molar-refractivity contribution in [2.75, 3.05) is 20.1 Å². The van der Waals surface area contributed by atoms with Crippen LogP contribution in [0.3, 0.4) is 0 Å². The highest BCUT2D eigenvalue weighted by molar-refractivity contribution is 5.78. The van der Waals surface area contributed by atoms with Crippen molar-refractivity contribution in [3.8, 4) is 0 Å². The summed E-state index contributed by atoms with van der Waals surface area (Å²) in [5.74, 6) is 1.48. The summed E-state index contributed by atoms with van der Waals surface area (Å²) in [7, 11) is 1.72. The number of hydrogen-bond acceptors (Lipinski definition) is 3. The molecule has 2 heterocycles. The summed E-state index contributed by atoms with van der Waals surface area (Å²) >= 11 is 0. The zero-order valence-corrected chi connectivity index (χ0v) is 13.4. The molecule has 0 unspecified atom stereocenters. The molecule has 2 aromatic rings. The fourth-order valence-electron chi connectivity index (χ4n) is 3.36. The first kappa shape index (κ1) is 15.0. The van der Waals surface area contributed by atoms with E-state index in [1.165, 1.54) is 5.52 Å². The van der Waals surface area contributed by atoms with Gasteiger partial charge in [0, 0.05) is 19.5 Å². The number of amides is 1. The number of piperidine rings is 1. The van der Waals surface area contributed by atoms with Gasteiger partial charge in [0.15, 0.2) is 0 Å². The van der Waals surface area contributed by atoms with E-state index in [4.69, 9.17) is 4.98 Å².